The summed E-state index contributed by atoms with van der Waals surface area (Å²) in [6.07, 6.45) is 3.93. The third-order valence-corrected chi connectivity index (χ3v) is 7.34. The van der Waals surface area contributed by atoms with Crippen LogP contribution in [0.15, 0.2) is 29.2 Å². The number of hydrogen-bond donors (Lipinski definition) is 0. The highest BCUT2D eigenvalue weighted by atomic mass is 32.2. The van der Waals surface area contributed by atoms with Gasteiger partial charge >= 0.3 is 0 Å². The Balaban J connectivity index is 1.57. The molecule has 0 spiro atoms. The summed E-state index contributed by atoms with van der Waals surface area (Å²) in [5, 5.41) is 4.41. The second-order valence-electron chi connectivity index (χ2n) is 7.33. The van der Waals surface area contributed by atoms with E-state index in [4.69, 9.17) is 0 Å². The monoisotopic (exact) mass is 374 g/mol. The summed E-state index contributed by atoms with van der Waals surface area (Å²) < 4.78 is 29.4. The summed E-state index contributed by atoms with van der Waals surface area (Å²) in [4.78, 5) is 2.75. The van der Waals surface area contributed by atoms with Crippen LogP contribution in [0, 0.1) is 6.92 Å². The normalized spacial score (nSPS) is 18.3. The van der Waals surface area contributed by atoms with Gasteiger partial charge in [0, 0.05) is 32.4 Å². The van der Waals surface area contributed by atoms with Crippen LogP contribution in [0.25, 0.3) is 0 Å². The first-order valence-electron chi connectivity index (χ1n) is 9.33. The average Bonchev–Trinajstić information content (AvgIpc) is 3.18. The quantitative estimate of drug-likeness (QED) is 0.825. The third-order valence-electron chi connectivity index (χ3n) is 5.45. The molecule has 6 nitrogen and oxygen atoms in total. The van der Waals surface area contributed by atoms with E-state index >= 15 is 0 Å². The van der Waals surface area contributed by atoms with Gasteiger partial charge in [0.2, 0.25) is 10.0 Å². The van der Waals surface area contributed by atoms with Crippen LogP contribution in [0.1, 0.15) is 36.2 Å². The smallest absolute Gasteiger partial charge is 0.243 e. The van der Waals surface area contributed by atoms with Gasteiger partial charge in [-0.3, -0.25) is 4.68 Å². The predicted molar refractivity (Wildman–Crippen MR) is 102 cm³/mol. The molecule has 1 aromatic heterocycles. The van der Waals surface area contributed by atoms with Gasteiger partial charge in [-0.05, 0) is 56.0 Å². The molecule has 0 saturated carbocycles. The fourth-order valence-corrected chi connectivity index (χ4v) is 5.60. The standard InChI is InChI=1S/C19H26N4O2S/c1-15-12-17(21(2)20-15)14-22-11-8-16-13-18(6-7-19(16)22)26(24,25)23-9-4-3-5-10-23/h6-7,12-13H,3-5,8-11,14H2,1-2H3. The highest BCUT2D eigenvalue weighted by Crippen LogP contribution is 2.32. The SMILES string of the molecule is Cc1cc(CN2CCc3cc(S(=O)(=O)N4CCCCC4)ccc32)n(C)n1. The molecule has 0 bridgehead atoms. The van der Waals surface area contributed by atoms with Crippen LogP contribution < -0.4 is 4.90 Å². The van der Waals surface area contributed by atoms with E-state index in [2.05, 4.69) is 16.1 Å². The van der Waals surface area contributed by atoms with E-state index in [1.807, 2.05) is 30.8 Å². The van der Waals surface area contributed by atoms with Gasteiger partial charge in [0.1, 0.15) is 0 Å². The average molecular weight is 375 g/mol. The molecule has 0 N–H and O–H groups in total. The molecule has 3 heterocycles. The van der Waals surface area contributed by atoms with E-state index in [0.717, 1.165) is 55.7 Å². The van der Waals surface area contributed by atoms with Gasteiger partial charge < -0.3 is 4.90 Å². The number of nitrogens with zero attached hydrogens (tertiary/aromatic N) is 4. The molecule has 0 radical (unpaired) electrons. The van der Waals surface area contributed by atoms with Crippen LogP contribution in [0.3, 0.4) is 0 Å². The van der Waals surface area contributed by atoms with Crippen LogP contribution in [-0.4, -0.2) is 42.1 Å². The second kappa shape index (κ2) is 6.70. The Labute approximate surface area is 155 Å². The van der Waals surface area contributed by atoms with E-state index in [1.165, 1.54) is 5.69 Å². The van der Waals surface area contributed by atoms with Crippen molar-refractivity contribution in [3.8, 4) is 0 Å². The maximum absolute atomic E-state index is 12.9. The minimum atomic E-state index is -3.36. The van der Waals surface area contributed by atoms with Crippen molar-refractivity contribution in [1.82, 2.24) is 14.1 Å². The van der Waals surface area contributed by atoms with Crippen LogP contribution in [0.2, 0.25) is 0 Å². The Hall–Kier alpha value is -1.86. The van der Waals surface area contributed by atoms with Gasteiger partial charge in [0.25, 0.3) is 0 Å². The summed E-state index contributed by atoms with van der Waals surface area (Å²) in [6, 6.07) is 7.74. The maximum Gasteiger partial charge on any atom is 0.243 e. The molecule has 1 saturated heterocycles. The van der Waals surface area contributed by atoms with Crippen LogP contribution in [0.4, 0.5) is 5.69 Å². The molecule has 2 aliphatic rings. The summed E-state index contributed by atoms with van der Waals surface area (Å²) >= 11 is 0. The van der Waals surface area contributed by atoms with Gasteiger partial charge in [-0.15, -0.1) is 0 Å². The van der Waals surface area contributed by atoms with Gasteiger partial charge in [-0.25, -0.2) is 8.42 Å². The lowest BCUT2D eigenvalue weighted by atomic mass is 10.2. The molecule has 1 fully saturated rings. The largest absolute Gasteiger partial charge is 0.365 e. The summed E-state index contributed by atoms with van der Waals surface area (Å²) in [5.74, 6) is 0. The van der Waals surface area contributed by atoms with Crippen LogP contribution in [-0.2, 0) is 30.0 Å². The van der Waals surface area contributed by atoms with Gasteiger partial charge in [-0.2, -0.15) is 9.40 Å². The number of benzene rings is 1. The molecule has 2 aliphatic heterocycles. The topological polar surface area (TPSA) is 58.4 Å². The van der Waals surface area contributed by atoms with Crippen molar-refractivity contribution in [3.05, 3.63) is 41.2 Å². The number of fused-ring (bicyclic) bond motifs is 1. The van der Waals surface area contributed by atoms with Crippen LogP contribution in [0.5, 0.6) is 0 Å². The molecule has 1 aromatic carbocycles. The lowest BCUT2D eigenvalue weighted by molar-refractivity contribution is 0.346. The van der Waals surface area contributed by atoms with Crippen LogP contribution >= 0.6 is 0 Å². The van der Waals surface area contributed by atoms with Gasteiger partial charge in [-0.1, -0.05) is 6.42 Å². The van der Waals surface area contributed by atoms with Crippen molar-refractivity contribution in [2.75, 3.05) is 24.5 Å². The summed E-state index contributed by atoms with van der Waals surface area (Å²) in [6.45, 7) is 4.99. The minimum absolute atomic E-state index is 0.441. The Morgan fingerprint density at radius 1 is 1.08 bits per heavy atom. The Bertz CT molecular complexity index is 914. The lowest BCUT2D eigenvalue weighted by Crippen LogP contribution is -2.35. The van der Waals surface area contributed by atoms with Gasteiger partial charge in [0.15, 0.2) is 0 Å². The summed E-state index contributed by atoms with van der Waals surface area (Å²) in [7, 11) is -1.40. The number of aryl methyl sites for hydroxylation is 2. The Morgan fingerprint density at radius 2 is 1.85 bits per heavy atom. The number of hydrogen-bond acceptors (Lipinski definition) is 4. The maximum atomic E-state index is 12.9. The van der Waals surface area contributed by atoms with Crippen molar-refractivity contribution >= 4 is 15.7 Å². The molecular weight excluding hydrogens is 348 g/mol. The molecule has 0 aliphatic carbocycles. The number of rotatable bonds is 4. The van der Waals surface area contributed by atoms with E-state index < -0.39 is 10.0 Å². The number of piperidine rings is 1. The molecule has 0 atom stereocenters. The summed E-state index contributed by atoms with van der Waals surface area (Å²) in [5.41, 5.74) is 4.45. The second-order valence-corrected chi connectivity index (χ2v) is 9.27. The molecule has 2 aromatic rings. The molecule has 4 rings (SSSR count). The minimum Gasteiger partial charge on any atom is -0.365 e. The van der Waals surface area contributed by atoms with Crippen molar-refractivity contribution < 1.29 is 8.42 Å². The molecule has 7 heteroatoms. The zero-order valence-corrected chi connectivity index (χ0v) is 16.3. The van der Waals surface area contributed by atoms with Crippen molar-refractivity contribution in [1.29, 1.82) is 0 Å². The highest BCUT2D eigenvalue weighted by molar-refractivity contribution is 7.89. The molecule has 26 heavy (non-hydrogen) atoms. The molecule has 140 valence electrons. The molecular formula is C19H26N4O2S. The predicted octanol–water partition coefficient (Wildman–Crippen LogP) is 2.47. The van der Waals surface area contributed by atoms with E-state index in [-0.39, 0.29) is 0 Å². The number of aromatic nitrogens is 2. The van der Waals surface area contributed by atoms with E-state index in [1.54, 1.807) is 10.4 Å². The number of anilines is 1. The third kappa shape index (κ3) is 3.14. The van der Waals surface area contributed by atoms with E-state index in [0.29, 0.717) is 18.0 Å². The number of sulfonamides is 1. The molecule has 0 amide bonds. The molecule has 0 unspecified atom stereocenters. The first-order valence-corrected chi connectivity index (χ1v) is 10.8. The fraction of sp³-hybridized carbons (Fsp3) is 0.526. The highest BCUT2D eigenvalue weighted by Gasteiger charge is 2.28. The first-order chi connectivity index (χ1) is 12.4. The Morgan fingerprint density at radius 3 is 2.54 bits per heavy atom. The zero-order chi connectivity index (χ0) is 18.3. The van der Waals surface area contributed by atoms with Crippen molar-refractivity contribution in [2.45, 2.75) is 44.0 Å². The Kier molecular flexibility index (Phi) is 4.52. The fourth-order valence-electron chi connectivity index (χ4n) is 4.03. The van der Waals surface area contributed by atoms with Gasteiger partial charge in [0.05, 0.1) is 22.8 Å². The first kappa shape index (κ1) is 17.5. The lowest BCUT2D eigenvalue weighted by Gasteiger charge is -2.26. The van der Waals surface area contributed by atoms with E-state index in [9.17, 15) is 8.42 Å². The van der Waals surface area contributed by atoms with Crippen molar-refractivity contribution in [2.24, 2.45) is 7.05 Å². The zero-order valence-electron chi connectivity index (χ0n) is 15.5. The van der Waals surface area contributed by atoms with Crippen molar-refractivity contribution in [3.63, 3.8) is 0 Å².